The molecular formula is C21H35N3O3S. The first-order valence-corrected chi connectivity index (χ1v) is 11.7. The number of rotatable bonds is 11. The van der Waals surface area contributed by atoms with Crippen LogP contribution in [0, 0.1) is 5.92 Å². The summed E-state index contributed by atoms with van der Waals surface area (Å²) in [6, 6.07) is 4.57. The van der Waals surface area contributed by atoms with E-state index in [2.05, 4.69) is 10.3 Å². The lowest BCUT2D eigenvalue weighted by Crippen LogP contribution is -2.54. The van der Waals surface area contributed by atoms with Crippen LogP contribution in [0.4, 0.5) is 0 Å². The fourth-order valence-corrected chi connectivity index (χ4v) is 4.40. The molecule has 5 N–H and O–H groups in total. The van der Waals surface area contributed by atoms with Crippen molar-refractivity contribution < 1.29 is 15.0 Å². The minimum atomic E-state index is -1.02. The summed E-state index contributed by atoms with van der Waals surface area (Å²) in [6.45, 7) is 0. The first kappa shape index (κ1) is 23.1. The molecule has 7 heteroatoms. The molecule has 1 aromatic heterocycles. The van der Waals surface area contributed by atoms with Gasteiger partial charge < -0.3 is 21.3 Å². The Hall–Kier alpha value is -1.15. The van der Waals surface area contributed by atoms with Crippen molar-refractivity contribution in [2.75, 3.05) is 12.0 Å². The number of nitrogens with zero attached hydrogens (tertiary/aromatic N) is 1. The monoisotopic (exact) mass is 409 g/mol. The topological polar surface area (TPSA) is 108 Å². The van der Waals surface area contributed by atoms with Crippen molar-refractivity contribution in [1.29, 1.82) is 0 Å². The van der Waals surface area contributed by atoms with E-state index in [1.54, 1.807) is 6.20 Å². The van der Waals surface area contributed by atoms with Gasteiger partial charge in [-0.25, -0.2) is 0 Å². The van der Waals surface area contributed by atoms with Crippen LogP contribution in [0.25, 0.3) is 0 Å². The number of aryl methyl sites for hydroxylation is 1. The van der Waals surface area contributed by atoms with Crippen molar-refractivity contribution in [3.63, 3.8) is 0 Å². The number of aliphatic hydroxyl groups excluding tert-OH is 2. The molecule has 0 unspecified atom stereocenters. The Balaban J connectivity index is 1.97. The number of aliphatic hydroxyl groups is 2. The maximum Gasteiger partial charge on any atom is 0.238 e. The Bertz CT molecular complexity index is 569. The molecule has 0 aliphatic heterocycles. The van der Waals surface area contributed by atoms with E-state index in [0.717, 1.165) is 18.5 Å². The first-order valence-electron chi connectivity index (χ1n) is 10.3. The quantitative estimate of drug-likeness (QED) is 0.444. The molecular weight excluding hydrogens is 374 g/mol. The van der Waals surface area contributed by atoms with Crippen molar-refractivity contribution in [3.05, 3.63) is 30.1 Å². The number of thioether (sulfide) groups is 1. The maximum absolute atomic E-state index is 12.4. The zero-order chi connectivity index (χ0) is 20.4. The molecule has 1 aliphatic carbocycles. The van der Waals surface area contributed by atoms with Crippen molar-refractivity contribution in [2.45, 2.75) is 75.7 Å². The van der Waals surface area contributed by atoms with Crippen LogP contribution >= 0.6 is 11.8 Å². The van der Waals surface area contributed by atoms with Gasteiger partial charge in [-0.2, -0.15) is 11.8 Å². The van der Waals surface area contributed by atoms with E-state index in [4.69, 9.17) is 5.73 Å². The minimum Gasteiger partial charge on any atom is -0.390 e. The van der Waals surface area contributed by atoms with E-state index in [9.17, 15) is 15.0 Å². The average Bonchev–Trinajstić information content (AvgIpc) is 2.72. The third kappa shape index (κ3) is 7.70. The van der Waals surface area contributed by atoms with Crippen LogP contribution in [0.2, 0.25) is 0 Å². The smallest absolute Gasteiger partial charge is 0.238 e. The van der Waals surface area contributed by atoms with E-state index < -0.39 is 24.3 Å². The predicted molar refractivity (Wildman–Crippen MR) is 114 cm³/mol. The molecule has 1 saturated carbocycles. The normalized spacial score (nSPS) is 19.6. The van der Waals surface area contributed by atoms with Crippen LogP contribution in [0.1, 0.15) is 50.6 Å². The molecule has 0 aromatic carbocycles. The van der Waals surface area contributed by atoms with Crippen molar-refractivity contribution in [2.24, 2.45) is 11.7 Å². The van der Waals surface area contributed by atoms with Crippen LogP contribution < -0.4 is 11.1 Å². The number of nitrogens with two attached hydrogens (primary N) is 1. The molecule has 0 bridgehead atoms. The van der Waals surface area contributed by atoms with E-state index >= 15 is 0 Å². The second kappa shape index (κ2) is 12.4. The molecule has 1 aromatic rings. The van der Waals surface area contributed by atoms with Crippen LogP contribution in [-0.2, 0) is 11.2 Å². The summed E-state index contributed by atoms with van der Waals surface area (Å²) in [6.07, 6.45) is 9.19. The van der Waals surface area contributed by atoms with Crippen LogP contribution in [0.5, 0.6) is 0 Å². The molecule has 28 heavy (non-hydrogen) atoms. The number of hydrogen-bond donors (Lipinski definition) is 4. The number of pyridine rings is 1. The summed E-state index contributed by atoms with van der Waals surface area (Å²) in [4.78, 5) is 16.7. The number of carbonyl (C=O) groups excluding carboxylic acids is 1. The van der Waals surface area contributed by atoms with E-state index in [1.807, 2.05) is 24.5 Å². The molecule has 1 heterocycles. The summed E-state index contributed by atoms with van der Waals surface area (Å²) in [5.41, 5.74) is 6.81. The third-order valence-electron chi connectivity index (χ3n) is 5.55. The Morgan fingerprint density at radius 1 is 1.32 bits per heavy atom. The number of amides is 1. The molecule has 158 valence electrons. The van der Waals surface area contributed by atoms with Gasteiger partial charge in [-0.3, -0.25) is 9.78 Å². The van der Waals surface area contributed by atoms with Gasteiger partial charge in [0.1, 0.15) is 6.10 Å². The standard InChI is InChI=1S/C21H35N3O3S/c1-28-14-17(22)21(27)24-18(13-15-7-3-2-4-8-15)20(26)19(25)11-10-16-9-5-6-12-23-16/h5-6,9,12,15,17-20,25-26H,2-4,7-8,10-11,13-14,22H2,1H3,(H,24,27)/t17-,18-,19-,20+/m0/s1. The SMILES string of the molecule is CSC[C@H](N)C(=O)N[C@@H](CC1CCCCC1)[C@@H](O)[C@@H](O)CCc1ccccn1. The van der Waals surface area contributed by atoms with Gasteiger partial charge in [-0.05, 0) is 43.6 Å². The van der Waals surface area contributed by atoms with Crippen molar-refractivity contribution in [1.82, 2.24) is 10.3 Å². The summed E-state index contributed by atoms with van der Waals surface area (Å²) in [5, 5.41) is 24.3. The Morgan fingerprint density at radius 3 is 2.71 bits per heavy atom. The van der Waals surface area contributed by atoms with Crippen LogP contribution in [0.3, 0.4) is 0 Å². The Labute approximate surface area is 172 Å². The lowest BCUT2D eigenvalue weighted by atomic mass is 9.82. The fraction of sp³-hybridized carbons (Fsp3) is 0.714. The largest absolute Gasteiger partial charge is 0.390 e. The lowest BCUT2D eigenvalue weighted by Gasteiger charge is -2.32. The average molecular weight is 410 g/mol. The van der Waals surface area contributed by atoms with Gasteiger partial charge in [0.15, 0.2) is 0 Å². The highest BCUT2D eigenvalue weighted by Crippen LogP contribution is 2.28. The number of carbonyl (C=O) groups is 1. The van der Waals surface area contributed by atoms with Crippen molar-refractivity contribution in [3.8, 4) is 0 Å². The highest BCUT2D eigenvalue weighted by atomic mass is 32.2. The van der Waals surface area contributed by atoms with Gasteiger partial charge in [0.2, 0.25) is 5.91 Å². The van der Waals surface area contributed by atoms with E-state index in [0.29, 0.717) is 30.9 Å². The highest BCUT2D eigenvalue weighted by Gasteiger charge is 2.31. The van der Waals surface area contributed by atoms with Gasteiger partial charge >= 0.3 is 0 Å². The van der Waals surface area contributed by atoms with Gasteiger partial charge in [0.25, 0.3) is 0 Å². The zero-order valence-corrected chi connectivity index (χ0v) is 17.6. The summed E-state index contributed by atoms with van der Waals surface area (Å²) in [5.74, 6) is 0.736. The van der Waals surface area contributed by atoms with Gasteiger partial charge in [0.05, 0.1) is 18.2 Å². The van der Waals surface area contributed by atoms with Gasteiger partial charge in [-0.15, -0.1) is 0 Å². The van der Waals surface area contributed by atoms with Crippen LogP contribution in [-0.4, -0.2) is 57.4 Å². The molecule has 0 radical (unpaired) electrons. The highest BCUT2D eigenvalue weighted by molar-refractivity contribution is 7.98. The second-order valence-electron chi connectivity index (χ2n) is 7.83. The molecule has 0 saturated heterocycles. The first-order chi connectivity index (χ1) is 13.5. The predicted octanol–water partition coefficient (Wildman–Crippen LogP) is 1.88. The Morgan fingerprint density at radius 2 is 2.07 bits per heavy atom. The van der Waals surface area contributed by atoms with Crippen molar-refractivity contribution >= 4 is 17.7 Å². The summed E-state index contributed by atoms with van der Waals surface area (Å²) >= 11 is 1.52. The van der Waals surface area contributed by atoms with E-state index in [1.165, 1.54) is 31.0 Å². The molecule has 1 amide bonds. The maximum atomic E-state index is 12.4. The molecule has 2 rings (SSSR count). The lowest BCUT2D eigenvalue weighted by molar-refractivity contribution is -0.124. The number of aromatic nitrogens is 1. The molecule has 6 nitrogen and oxygen atoms in total. The number of nitrogens with one attached hydrogen (secondary N) is 1. The van der Waals surface area contributed by atoms with Gasteiger partial charge in [0, 0.05) is 17.6 Å². The number of hydrogen-bond acceptors (Lipinski definition) is 6. The fourth-order valence-electron chi connectivity index (χ4n) is 3.89. The zero-order valence-electron chi connectivity index (χ0n) is 16.8. The minimum absolute atomic E-state index is 0.258. The van der Waals surface area contributed by atoms with Crippen LogP contribution in [0.15, 0.2) is 24.4 Å². The molecule has 0 spiro atoms. The summed E-state index contributed by atoms with van der Waals surface area (Å²) < 4.78 is 0. The Kier molecular flexibility index (Phi) is 10.3. The molecule has 1 aliphatic rings. The molecule has 4 atom stereocenters. The second-order valence-corrected chi connectivity index (χ2v) is 8.75. The summed E-state index contributed by atoms with van der Waals surface area (Å²) in [7, 11) is 0. The third-order valence-corrected chi connectivity index (χ3v) is 6.24. The molecule has 1 fully saturated rings. The van der Waals surface area contributed by atoms with E-state index in [-0.39, 0.29) is 5.91 Å². The van der Waals surface area contributed by atoms with Gasteiger partial charge in [-0.1, -0.05) is 38.2 Å².